The number of nitrogens with one attached hydrogen (secondary N) is 1. The normalized spacial score (nSPS) is 10.5. The van der Waals surface area contributed by atoms with E-state index >= 15 is 0 Å². The Hall–Kier alpha value is -3.48. The summed E-state index contributed by atoms with van der Waals surface area (Å²) in [6.07, 6.45) is 0. The highest BCUT2D eigenvalue weighted by Crippen LogP contribution is 2.20. The molecule has 0 atom stereocenters. The zero-order valence-corrected chi connectivity index (χ0v) is 13.8. The molecule has 1 N–H and O–H groups in total. The van der Waals surface area contributed by atoms with Gasteiger partial charge < -0.3 is 5.32 Å². The van der Waals surface area contributed by atoms with Gasteiger partial charge in [-0.25, -0.2) is 4.68 Å². The minimum Gasteiger partial charge on any atom is -0.306 e. The summed E-state index contributed by atoms with van der Waals surface area (Å²) in [5.41, 5.74) is 2.89. The molecule has 7 heteroatoms. The standard InChI is InChI=1S/C18H16N4O3/c1-12-4-3-5-14(10-12)18(23)19-17-11-13(2)20-21(17)15-6-8-16(9-7-15)22(24)25/h3-11H,1-2H3,(H,19,23). The first-order chi connectivity index (χ1) is 11.9. The fourth-order valence-electron chi connectivity index (χ4n) is 2.48. The van der Waals surface area contributed by atoms with Crippen molar-refractivity contribution in [3.05, 3.63) is 81.5 Å². The fourth-order valence-corrected chi connectivity index (χ4v) is 2.48. The van der Waals surface area contributed by atoms with Crippen LogP contribution < -0.4 is 5.32 Å². The summed E-state index contributed by atoms with van der Waals surface area (Å²) in [5.74, 6) is 0.254. The predicted molar refractivity (Wildman–Crippen MR) is 94.1 cm³/mol. The molecule has 0 bridgehead atoms. The van der Waals surface area contributed by atoms with Crippen LogP contribution in [0.3, 0.4) is 0 Å². The fraction of sp³-hybridized carbons (Fsp3) is 0.111. The molecule has 1 heterocycles. The topological polar surface area (TPSA) is 90.1 Å². The zero-order valence-electron chi connectivity index (χ0n) is 13.8. The summed E-state index contributed by atoms with van der Waals surface area (Å²) < 4.78 is 1.55. The molecule has 2 aromatic carbocycles. The first kappa shape index (κ1) is 16.4. The van der Waals surface area contributed by atoms with Gasteiger partial charge in [0.15, 0.2) is 0 Å². The van der Waals surface area contributed by atoms with Gasteiger partial charge in [-0.1, -0.05) is 17.7 Å². The van der Waals surface area contributed by atoms with Crippen molar-refractivity contribution < 1.29 is 9.72 Å². The maximum absolute atomic E-state index is 12.5. The van der Waals surface area contributed by atoms with Gasteiger partial charge in [0, 0.05) is 23.8 Å². The van der Waals surface area contributed by atoms with Gasteiger partial charge in [-0.05, 0) is 38.1 Å². The van der Waals surface area contributed by atoms with Crippen molar-refractivity contribution in [3.63, 3.8) is 0 Å². The Balaban J connectivity index is 1.90. The molecule has 0 saturated heterocycles. The third kappa shape index (κ3) is 3.55. The van der Waals surface area contributed by atoms with Crippen molar-refractivity contribution >= 4 is 17.4 Å². The summed E-state index contributed by atoms with van der Waals surface area (Å²) in [6.45, 7) is 3.73. The molecule has 126 valence electrons. The maximum atomic E-state index is 12.5. The number of benzene rings is 2. The number of aromatic nitrogens is 2. The van der Waals surface area contributed by atoms with E-state index in [1.165, 1.54) is 12.1 Å². The number of aryl methyl sites for hydroxylation is 2. The van der Waals surface area contributed by atoms with Crippen LogP contribution in [-0.2, 0) is 0 Å². The van der Waals surface area contributed by atoms with Crippen molar-refractivity contribution in [2.24, 2.45) is 0 Å². The van der Waals surface area contributed by atoms with E-state index in [1.54, 1.807) is 35.0 Å². The lowest BCUT2D eigenvalue weighted by atomic mass is 10.1. The number of hydrogen-bond donors (Lipinski definition) is 1. The highest BCUT2D eigenvalue weighted by molar-refractivity contribution is 6.04. The van der Waals surface area contributed by atoms with Crippen LogP contribution in [0.5, 0.6) is 0 Å². The van der Waals surface area contributed by atoms with Gasteiger partial charge in [0.1, 0.15) is 5.82 Å². The van der Waals surface area contributed by atoms with Gasteiger partial charge in [0.25, 0.3) is 11.6 Å². The van der Waals surface area contributed by atoms with Crippen LogP contribution in [0, 0.1) is 24.0 Å². The predicted octanol–water partition coefficient (Wildman–Crippen LogP) is 3.65. The van der Waals surface area contributed by atoms with Crippen LogP contribution in [0.15, 0.2) is 54.6 Å². The van der Waals surface area contributed by atoms with E-state index in [1.807, 2.05) is 26.0 Å². The summed E-state index contributed by atoms with van der Waals surface area (Å²) in [6, 6.07) is 15.0. The lowest BCUT2D eigenvalue weighted by molar-refractivity contribution is -0.384. The summed E-state index contributed by atoms with van der Waals surface area (Å²) in [5, 5.41) is 18.0. The molecule has 0 saturated carbocycles. The van der Waals surface area contributed by atoms with Crippen LogP contribution in [-0.4, -0.2) is 20.6 Å². The van der Waals surface area contributed by atoms with Gasteiger partial charge in [-0.15, -0.1) is 0 Å². The second-order valence-corrected chi connectivity index (χ2v) is 5.68. The van der Waals surface area contributed by atoms with E-state index in [4.69, 9.17) is 0 Å². The number of anilines is 1. The Kier molecular flexibility index (Phi) is 4.30. The number of amides is 1. The maximum Gasteiger partial charge on any atom is 0.269 e. The Labute approximate surface area is 144 Å². The molecule has 0 radical (unpaired) electrons. The highest BCUT2D eigenvalue weighted by Gasteiger charge is 2.13. The van der Waals surface area contributed by atoms with Crippen LogP contribution in [0.1, 0.15) is 21.6 Å². The van der Waals surface area contributed by atoms with E-state index in [2.05, 4.69) is 10.4 Å². The van der Waals surface area contributed by atoms with Crippen LogP contribution in [0.25, 0.3) is 5.69 Å². The Morgan fingerprint density at radius 2 is 1.84 bits per heavy atom. The lowest BCUT2D eigenvalue weighted by Crippen LogP contribution is -2.15. The molecule has 25 heavy (non-hydrogen) atoms. The third-order valence-corrected chi connectivity index (χ3v) is 3.66. The first-order valence-electron chi connectivity index (χ1n) is 7.63. The third-order valence-electron chi connectivity index (χ3n) is 3.66. The SMILES string of the molecule is Cc1cccc(C(=O)Nc2cc(C)nn2-c2ccc([N+](=O)[O-])cc2)c1. The van der Waals surface area contributed by atoms with Gasteiger partial charge in [0.05, 0.1) is 16.3 Å². The monoisotopic (exact) mass is 336 g/mol. The highest BCUT2D eigenvalue weighted by atomic mass is 16.6. The van der Waals surface area contributed by atoms with E-state index < -0.39 is 4.92 Å². The molecule has 0 fully saturated rings. The number of nitrogens with zero attached hydrogens (tertiary/aromatic N) is 3. The molecule has 7 nitrogen and oxygen atoms in total. The van der Waals surface area contributed by atoms with Gasteiger partial charge in [-0.3, -0.25) is 14.9 Å². The number of carbonyl (C=O) groups is 1. The molecule has 3 aromatic rings. The van der Waals surface area contributed by atoms with Gasteiger partial charge in [-0.2, -0.15) is 5.10 Å². The lowest BCUT2D eigenvalue weighted by Gasteiger charge is -2.09. The average molecular weight is 336 g/mol. The largest absolute Gasteiger partial charge is 0.306 e. The van der Waals surface area contributed by atoms with Crippen LogP contribution in [0.2, 0.25) is 0 Å². The Bertz CT molecular complexity index is 945. The molecule has 0 aliphatic carbocycles. The molecule has 0 aliphatic heterocycles. The minimum absolute atomic E-state index is 0.00188. The van der Waals surface area contributed by atoms with E-state index in [0.29, 0.717) is 17.1 Å². The summed E-state index contributed by atoms with van der Waals surface area (Å²) in [4.78, 5) is 22.8. The van der Waals surface area contributed by atoms with Crippen molar-refractivity contribution in [2.75, 3.05) is 5.32 Å². The molecule has 3 rings (SSSR count). The van der Waals surface area contributed by atoms with Crippen molar-refractivity contribution in [1.29, 1.82) is 0 Å². The number of non-ortho nitro benzene ring substituents is 1. The summed E-state index contributed by atoms with van der Waals surface area (Å²) >= 11 is 0. The van der Waals surface area contributed by atoms with E-state index in [9.17, 15) is 14.9 Å². The molecule has 0 spiro atoms. The van der Waals surface area contributed by atoms with E-state index in [-0.39, 0.29) is 11.6 Å². The molecule has 1 amide bonds. The van der Waals surface area contributed by atoms with Gasteiger partial charge >= 0.3 is 0 Å². The van der Waals surface area contributed by atoms with E-state index in [0.717, 1.165) is 11.3 Å². The van der Waals surface area contributed by atoms with Gasteiger partial charge in [0.2, 0.25) is 0 Å². The minimum atomic E-state index is -0.460. The number of hydrogen-bond acceptors (Lipinski definition) is 4. The molecular weight excluding hydrogens is 320 g/mol. The average Bonchev–Trinajstić information content (AvgIpc) is 2.95. The van der Waals surface area contributed by atoms with Crippen molar-refractivity contribution in [1.82, 2.24) is 9.78 Å². The number of carbonyl (C=O) groups excluding carboxylic acids is 1. The zero-order chi connectivity index (χ0) is 18.0. The molecular formula is C18H16N4O3. The Morgan fingerprint density at radius 1 is 1.12 bits per heavy atom. The number of nitro groups is 1. The quantitative estimate of drug-likeness (QED) is 0.581. The molecule has 0 aliphatic rings. The second-order valence-electron chi connectivity index (χ2n) is 5.68. The van der Waals surface area contributed by atoms with Crippen molar-refractivity contribution in [2.45, 2.75) is 13.8 Å². The number of nitro benzene ring substituents is 1. The number of rotatable bonds is 4. The summed E-state index contributed by atoms with van der Waals surface area (Å²) in [7, 11) is 0. The molecule has 0 unspecified atom stereocenters. The van der Waals surface area contributed by atoms with Crippen LogP contribution in [0.4, 0.5) is 11.5 Å². The van der Waals surface area contributed by atoms with Crippen molar-refractivity contribution in [3.8, 4) is 5.69 Å². The first-order valence-corrected chi connectivity index (χ1v) is 7.63. The van der Waals surface area contributed by atoms with Crippen LogP contribution >= 0.6 is 0 Å². The smallest absolute Gasteiger partial charge is 0.269 e. The molecule has 1 aromatic heterocycles. The second kappa shape index (κ2) is 6.56. The Morgan fingerprint density at radius 3 is 2.48 bits per heavy atom.